The zero-order chi connectivity index (χ0) is 17.4. The van der Waals surface area contributed by atoms with Crippen LogP contribution in [0.1, 0.15) is 43.5 Å². The van der Waals surface area contributed by atoms with Crippen molar-refractivity contribution < 1.29 is 28.6 Å². The van der Waals surface area contributed by atoms with Gasteiger partial charge in [-0.25, -0.2) is 14.0 Å². The number of hydrogen-bond acceptors (Lipinski definition) is 4. The highest BCUT2D eigenvalue weighted by Gasteiger charge is 2.17. The summed E-state index contributed by atoms with van der Waals surface area (Å²) in [5.74, 6) is -2.54. The number of carboxylic acid groups (broad SMARTS) is 1. The molecule has 0 aliphatic heterocycles. The Labute approximate surface area is 134 Å². The third-order valence-electron chi connectivity index (χ3n) is 3.11. The molecule has 1 rings (SSSR count). The number of ether oxygens (including phenoxy) is 2. The van der Waals surface area contributed by atoms with E-state index in [1.165, 1.54) is 6.07 Å². The average molecular weight is 324 g/mol. The van der Waals surface area contributed by atoms with Crippen LogP contribution in [0.4, 0.5) is 4.39 Å². The number of halogens is 1. The summed E-state index contributed by atoms with van der Waals surface area (Å²) in [6, 6.07) is 3.50. The number of carboxylic acids is 1. The van der Waals surface area contributed by atoms with Crippen LogP contribution in [0.2, 0.25) is 0 Å². The average Bonchev–Trinajstić information content (AvgIpc) is 2.49. The Morgan fingerprint density at radius 3 is 2.61 bits per heavy atom. The van der Waals surface area contributed by atoms with Crippen LogP contribution in [0.15, 0.2) is 30.4 Å². The Kier molecular flexibility index (Phi) is 7.25. The van der Waals surface area contributed by atoms with Gasteiger partial charge in [-0.2, -0.15) is 0 Å². The van der Waals surface area contributed by atoms with Gasteiger partial charge in [-0.3, -0.25) is 0 Å². The number of hydrogen-bond donors (Lipinski definition) is 1. The molecule has 0 heterocycles. The number of unbranched alkanes of at least 4 members (excludes halogenated alkanes) is 1. The predicted molar refractivity (Wildman–Crippen MR) is 83.1 cm³/mol. The smallest absolute Gasteiger partial charge is 0.338 e. The number of rotatable bonds is 9. The van der Waals surface area contributed by atoms with Crippen molar-refractivity contribution in [1.82, 2.24) is 0 Å². The molecule has 1 unspecified atom stereocenters. The van der Waals surface area contributed by atoms with Crippen LogP contribution in [0.25, 0.3) is 0 Å². The molecule has 1 atom stereocenters. The molecule has 5 nitrogen and oxygen atoms in total. The van der Waals surface area contributed by atoms with Crippen molar-refractivity contribution in [3.8, 4) is 5.75 Å². The Morgan fingerprint density at radius 1 is 1.39 bits per heavy atom. The van der Waals surface area contributed by atoms with E-state index in [0.29, 0.717) is 12.0 Å². The van der Waals surface area contributed by atoms with E-state index in [-0.39, 0.29) is 12.4 Å². The molecule has 1 aromatic carbocycles. The number of aromatic carboxylic acids is 1. The second-order valence-electron chi connectivity index (χ2n) is 5.21. The zero-order valence-corrected chi connectivity index (χ0v) is 13.3. The molecule has 0 aromatic heterocycles. The van der Waals surface area contributed by atoms with Crippen LogP contribution >= 0.6 is 0 Å². The van der Waals surface area contributed by atoms with E-state index in [1.54, 1.807) is 6.92 Å². The van der Waals surface area contributed by atoms with E-state index in [9.17, 15) is 14.0 Å². The topological polar surface area (TPSA) is 72.8 Å². The first-order valence-corrected chi connectivity index (χ1v) is 7.37. The fourth-order valence-electron chi connectivity index (χ4n) is 1.81. The molecule has 6 heteroatoms. The highest BCUT2D eigenvalue weighted by atomic mass is 19.1. The molecule has 1 N–H and O–H groups in total. The van der Waals surface area contributed by atoms with E-state index in [1.807, 2.05) is 6.92 Å². The molecule has 0 saturated carbocycles. The van der Waals surface area contributed by atoms with Crippen molar-refractivity contribution in [2.24, 2.45) is 0 Å². The van der Waals surface area contributed by atoms with Crippen LogP contribution in [0.3, 0.4) is 0 Å². The molecule has 0 fully saturated rings. The van der Waals surface area contributed by atoms with Crippen molar-refractivity contribution >= 4 is 11.9 Å². The molecule has 23 heavy (non-hydrogen) atoms. The highest BCUT2D eigenvalue weighted by Crippen LogP contribution is 2.18. The summed E-state index contributed by atoms with van der Waals surface area (Å²) in [5, 5.41) is 8.78. The maximum absolute atomic E-state index is 13.6. The van der Waals surface area contributed by atoms with Crippen molar-refractivity contribution in [1.29, 1.82) is 0 Å². The fraction of sp³-hybridized carbons (Fsp3) is 0.412. The van der Waals surface area contributed by atoms with Gasteiger partial charge in [0.25, 0.3) is 0 Å². The van der Waals surface area contributed by atoms with E-state index in [4.69, 9.17) is 14.6 Å². The maximum Gasteiger partial charge on any atom is 0.338 e. The lowest BCUT2D eigenvalue weighted by molar-refractivity contribution is -0.146. The fourth-order valence-corrected chi connectivity index (χ4v) is 1.81. The Hall–Kier alpha value is -2.37. The van der Waals surface area contributed by atoms with E-state index < -0.39 is 29.4 Å². The molecule has 0 spiro atoms. The molecule has 0 amide bonds. The second kappa shape index (κ2) is 8.92. The standard InChI is InChI=1S/C17H21FO5/c1-4-5-6-13(23-17(21)11(2)3)10-22-12-7-8-14(16(19)20)15(18)9-12/h7-9,13H,2,4-6,10H2,1,3H3,(H,19,20). The van der Waals surface area contributed by atoms with Crippen molar-refractivity contribution in [2.75, 3.05) is 6.61 Å². The maximum atomic E-state index is 13.6. The van der Waals surface area contributed by atoms with Gasteiger partial charge in [0, 0.05) is 11.6 Å². The van der Waals surface area contributed by atoms with Gasteiger partial charge >= 0.3 is 11.9 Å². The number of esters is 1. The number of carbonyl (C=O) groups is 2. The largest absolute Gasteiger partial charge is 0.490 e. The SMILES string of the molecule is C=C(C)C(=O)OC(CCCC)COc1ccc(C(=O)O)c(F)c1. The highest BCUT2D eigenvalue weighted by molar-refractivity contribution is 5.88. The van der Waals surface area contributed by atoms with E-state index >= 15 is 0 Å². The first kappa shape index (κ1) is 18.7. The summed E-state index contributed by atoms with van der Waals surface area (Å²) in [7, 11) is 0. The normalized spacial score (nSPS) is 11.6. The third-order valence-corrected chi connectivity index (χ3v) is 3.11. The molecule has 1 aromatic rings. The molecule has 0 aliphatic carbocycles. The van der Waals surface area contributed by atoms with Crippen molar-refractivity contribution in [2.45, 2.75) is 39.2 Å². The molecular weight excluding hydrogens is 303 g/mol. The quantitative estimate of drug-likeness (QED) is 0.555. The molecule has 0 saturated heterocycles. The lowest BCUT2D eigenvalue weighted by Gasteiger charge is -2.18. The Balaban J connectivity index is 2.69. The minimum atomic E-state index is -1.34. The monoisotopic (exact) mass is 324 g/mol. The molecule has 126 valence electrons. The van der Waals surface area contributed by atoms with Gasteiger partial charge in [-0.05, 0) is 31.9 Å². The van der Waals surface area contributed by atoms with Crippen molar-refractivity contribution in [3.05, 3.63) is 41.7 Å². The van der Waals surface area contributed by atoms with Gasteiger partial charge in [0.1, 0.15) is 24.3 Å². The minimum absolute atomic E-state index is 0.0604. The van der Waals surface area contributed by atoms with Crippen LogP contribution in [0.5, 0.6) is 5.75 Å². The zero-order valence-electron chi connectivity index (χ0n) is 13.3. The lowest BCUT2D eigenvalue weighted by Crippen LogP contribution is -2.25. The predicted octanol–water partition coefficient (Wildman–Crippen LogP) is 3.58. The molecule has 0 radical (unpaired) electrons. The second-order valence-corrected chi connectivity index (χ2v) is 5.21. The van der Waals surface area contributed by atoms with Gasteiger partial charge in [0.05, 0.1) is 5.56 Å². The molecule has 0 bridgehead atoms. The molecular formula is C17H21FO5. The Bertz CT molecular complexity index is 582. The first-order valence-electron chi connectivity index (χ1n) is 7.37. The Morgan fingerprint density at radius 2 is 2.09 bits per heavy atom. The van der Waals surface area contributed by atoms with Crippen LogP contribution in [-0.2, 0) is 9.53 Å². The number of benzene rings is 1. The van der Waals surface area contributed by atoms with Gasteiger partial charge in [-0.1, -0.05) is 19.9 Å². The number of carbonyl (C=O) groups excluding carboxylic acids is 1. The summed E-state index contributed by atoms with van der Waals surface area (Å²) in [6.07, 6.45) is 1.93. The van der Waals surface area contributed by atoms with E-state index in [2.05, 4.69) is 6.58 Å². The summed E-state index contributed by atoms with van der Waals surface area (Å²) in [5.41, 5.74) is -0.128. The molecule has 0 aliphatic rings. The first-order chi connectivity index (χ1) is 10.8. The van der Waals surface area contributed by atoms with Crippen molar-refractivity contribution in [3.63, 3.8) is 0 Å². The third kappa shape index (κ3) is 6.10. The van der Waals surface area contributed by atoms with Crippen LogP contribution < -0.4 is 4.74 Å². The van der Waals surface area contributed by atoms with Crippen LogP contribution in [-0.4, -0.2) is 29.8 Å². The van der Waals surface area contributed by atoms with Gasteiger partial charge in [0.2, 0.25) is 0 Å². The summed E-state index contributed by atoms with van der Waals surface area (Å²) in [6.45, 7) is 7.15. The summed E-state index contributed by atoms with van der Waals surface area (Å²) < 4.78 is 24.3. The van der Waals surface area contributed by atoms with Crippen LogP contribution in [0, 0.1) is 5.82 Å². The minimum Gasteiger partial charge on any atom is -0.490 e. The summed E-state index contributed by atoms with van der Waals surface area (Å²) >= 11 is 0. The van der Waals surface area contributed by atoms with E-state index in [0.717, 1.165) is 25.0 Å². The van der Waals surface area contributed by atoms with Gasteiger partial charge in [-0.15, -0.1) is 0 Å². The van der Waals surface area contributed by atoms with Gasteiger partial charge in [0.15, 0.2) is 0 Å². The summed E-state index contributed by atoms with van der Waals surface area (Å²) in [4.78, 5) is 22.4. The van der Waals surface area contributed by atoms with Gasteiger partial charge < -0.3 is 14.6 Å². The lowest BCUT2D eigenvalue weighted by atomic mass is 10.1.